The monoisotopic (exact) mass is 197 g/mol. The number of aromatic nitrogens is 3. The summed E-state index contributed by atoms with van der Waals surface area (Å²) < 4.78 is 0. The average molecular weight is 197 g/mol. The van der Waals surface area contributed by atoms with Crippen LogP contribution in [0.5, 0.6) is 0 Å². The maximum Gasteiger partial charge on any atom is 0.222 e. The zero-order chi connectivity index (χ0) is 11.0. The van der Waals surface area contributed by atoms with Crippen LogP contribution in [0.2, 0.25) is 0 Å². The molecule has 0 aliphatic heterocycles. The lowest BCUT2D eigenvalue weighted by Gasteiger charge is -2.19. The van der Waals surface area contributed by atoms with Crippen molar-refractivity contribution >= 4 is 0 Å². The zero-order valence-corrected chi connectivity index (χ0v) is 8.81. The maximum absolute atomic E-state index is 9.28. The molecule has 1 aromatic heterocycles. The smallest absolute Gasteiger partial charge is 0.222 e. The molecule has 1 heterocycles. The van der Waals surface area contributed by atoms with E-state index in [9.17, 15) is 10.2 Å². The summed E-state index contributed by atoms with van der Waals surface area (Å²) in [7, 11) is 0. The average Bonchev–Trinajstić information content (AvgIpc) is 2.01. The van der Waals surface area contributed by atoms with Crippen LogP contribution in [0, 0.1) is 0 Å². The molecule has 0 aliphatic carbocycles. The van der Waals surface area contributed by atoms with Gasteiger partial charge in [0.25, 0.3) is 0 Å². The summed E-state index contributed by atoms with van der Waals surface area (Å²) in [6.07, 6.45) is 1.29. The summed E-state index contributed by atoms with van der Waals surface area (Å²) in [5, 5.41) is 18.6. The molecule has 0 amide bonds. The van der Waals surface area contributed by atoms with Gasteiger partial charge in [0.2, 0.25) is 5.79 Å². The van der Waals surface area contributed by atoms with Gasteiger partial charge in [-0.05, 0) is 6.92 Å². The maximum atomic E-state index is 9.28. The third kappa shape index (κ3) is 2.46. The van der Waals surface area contributed by atoms with E-state index in [4.69, 9.17) is 0 Å². The van der Waals surface area contributed by atoms with Gasteiger partial charge < -0.3 is 10.2 Å². The van der Waals surface area contributed by atoms with Gasteiger partial charge in [0.1, 0.15) is 12.2 Å². The Morgan fingerprint density at radius 1 is 1.00 bits per heavy atom. The second-order valence-electron chi connectivity index (χ2n) is 4.40. The lowest BCUT2D eigenvalue weighted by molar-refractivity contribution is -0.159. The van der Waals surface area contributed by atoms with Crippen LogP contribution in [0.3, 0.4) is 0 Å². The molecule has 0 fully saturated rings. The normalized spacial score (nSPS) is 13.0. The second kappa shape index (κ2) is 3.25. The van der Waals surface area contributed by atoms with Crippen molar-refractivity contribution in [2.45, 2.75) is 38.9 Å². The molecular weight excluding hydrogens is 182 g/mol. The molecular formula is C9H15N3O2. The molecule has 0 atom stereocenters. The van der Waals surface area contributed by atoms with Crippen LogP contribution in [-0.4, -0.2) is 25.2 Å². The molecule has 0 bridgehead atoms. The Hall–Kier alpha value is -1.07. The third-order valence-corrected chi connectivity index (χ3v) is 1.67. The molecule has 5 nitrogen and oxygen atoms in total. The summed E-state index contributed by atoms with van der Waals surface area (Å²) in [4.78, 5) is 11.7. The fraction of sp³-hybridized carbons (Fsp3) is 0.667. The standard InChI is InChI=1S/C9H15N3O2/c1-8(2,3)6-10-5-11-7(12-6)9(4,13)14/h5,13-14H,1-4H3. The van der Waals surface area contributed by atoms with Gasteiger partial charge in [-0.25, -0.2) is 15.0 Å². The van der Waals surface area contributed by atoms with E-state index >= 15 is 0 Å². The molecule has 0 radical (unpaired) electrons. The first-order valence-electron chi connectivity index (χ1n) is 4.36. The quantitative estimate of drug-likeness (QED) is 0.634. The number of hydrogen-bond acceptors (Lipinski definition) is 5. The van der Waals surface area contributed by atoms with Gasteiger partial charge in [0.15, 0.2) is 5.82 Å². The Morgan fingerprint density at radius 3 is 1.93 bits per heavy atom. The highest BCUT2D eigenvalue weighted by atomic mass is 16.5. The minimum atomic E-state index is -2.01. The van der Waals surface area contributed by atoms with Crippen molar-refractivity contribution in [3.05, 3.63) is 18.0 Å². The van der Waals surface area contributed by atoms with Crippen molar-refractivity contribution in [3.8, 4) is 0 Å². The Morgan fingerprint density at radius 2 is 1.50 bits per heavy atom. The minimum absolute atomic E-state index is 0.0302. The number of rotatable bonds is 1. The fourth-order valence-electron chi connectivity index (χ4n) is 0.886. The predicted molar refractivity (Wildman–Crippen MR) is 50.3 cm³/mol. The highest BCUT2D eigenvalue weighted by molar-refractivity contribution is 5.04. The summed E-state index contributed by atoms with van der Waals surface area (Å²) in [6.45, 7) is 7.05. The van der Waals surface area contributed by atoms with Crippen molar-refractivity contribution in [1.82, 2.24) is 15.0 Å². The molecule has 1 aromatic rings. The fourth-order valence-corrected chi connectivity index (χ4v) is 0.886. The Bertz CT molecular complexity index is 296. The number of hydrogen-bond donors (Lipinski definition) is 2. The second-order valence-corrected chi connectivity index (χ2v) is 4.40. The summed E-state index contributed by atoms with van der Waals surface area (Å²) in [6, 6.07) is 0. The van der Waals surface area contributed by atoms with Crippen LogP contribution < -0.4 is 0 Å². The molecule has 0 aromatic carbocycles. The zero-order valence-electron chi connectivity index (χ0n) is 8.81. The largest absolute Gasteiger partial charge is 0.360 e. The Labute approximate surface area is 82.9 Å². The number of nitrogens with zero attached hydrogens (tertiary/aromatic N) is 3. The summed E-state index contributed by atoms with van der Waals surface area (Å²) in [5.41, 5.74) is -0.233. The van der Waals surface area contributed by atoms with Gasteiger partial charge in [0.05, 0.1) is 0 Å². The van der Waals surface area contributed by atoms with E-state index < -0.39 is 5.79 Å². The highest BCUT2D eigenvalue weighted by Crippen LogP contribution is 2.19. The first-order valence-corrected chi connectivity index (χ1v) is 4.36. The molecule has 0 unspecified atom stereocenters. The van der Waals surface area contributed by atoms with E-state index in [1.54, 1.807) is 0 Å². The molecule has 5 heteroatoms. The molecule has 2 N–H and O–H groups in total. The van der Waals surface area contributed by atoms with E-state index in [1.807, 2.05) is 20.8 Å². The van der Waals surface area contributed by atoms with Crippen molar-refractivity contribution in [2.75, 3.05) is 0 Å². The van der Waals surface area contributed by atoms with Crippen LogP contribution >= 0.6 is 0 Å². The molecule has 1 rings (SSSR count). The van der Waals surface area contributed by atoms with Gasteiger partial charge in [-0.1, -0.05) is 20.8 Å². The van der Waals surface area contributed by atoms with Crippen LogP contribution in [0.15, 0.2) is 6.33 Å². The first-order chi connectivity index (χ1) is 6.21. The predicted octanol–water partition coefficient (Wildman–Crippen LogP) is 0.326. The van der Waals surface area contributed by atoms with Gasteiger partial charge in [-0.2, -0.15) is 0 Å². The topological polar surface area (TPSA) is 79.1 Å². The van der Waals surface area contributed by atoms with E-state index in [1.165, 1.54) is 13.3 Å². The van der Waals surface area contributed by atoms with Crippen LogP contribution in [0.25, 0.3) is 0 Å². The van der Waals surface area contributed by atoms with Gasteiger partial charge in [-0.3, -0.25) is 0 Å². The molecule has 0 aliphatic rings. The summed E-state index contributed by atoms with van der Waals surface area (Å²) >= 11 is 0. The van der Waals surface area contributed by atoms with E-state index in [0.29, 0.717) is 5.82 Å². The van der Waals surface area contributed by atoms with Crippen molar-refractivity contribution < 1.29 is 10.2 Å². The molecule has 0 spiro atoms. The van der Waals surface area contributed by atoms with Crippen molar-refractivity contribution in [1.29, 1.82) is 0 Å². The van der Waals surface area contributed by atoms with Crippen molar-refractivity contribution in [2.24, 2.45) is 0 Å². The number of aliphatic hydroxyl groups is 2. The molecule has 0 saturated heterocycles. The third-order valence-electron chi connectivity index (χ3n) is 1.67. The summed E-state index contributed by atoms with van der Waals surface area (Å²) in [5.74, 6) is -1.50. The van der Waals surface area contributed by atoms with Crippen LogP contribution in [-0.2, 0) is 11.2 Å². The Kier molecular flexibility index (Phi) is 2.56. The SMILES string of the molecule is CC(C)(C)c1ncnc(C(C)(O)O)n1. The van der Waals surface area contributed by atoms with Crippen molar-refractivity contribution in [3.63, 3.8) is 0 Å². The lowest BCUT2D eigenvalue weighted by Crippen LogP contribution is -2.26. The molecule has 0 saturated carbocycles. The van der Waals surface area contributed by atoms with E-state index in [0.717, 1.165) is 0 Å². The van der Waals surface area contributed by atoms with Crippen LogP contribution in [0.1, 0.15) is 39.3 Å². The van der Waals surface area contributed by atoms with E-state index in [2.05, 4.69) is 15.0 Å². The molecule has 78 valence electrons. The van der Waals surface area contributed by atoms with Gasteiger partial charge in [0, 0.05) is 5.41 Å². The minimum Gasteiger partial charge on any atom is -0.360 e. The lowest BCUT2D eigenvalue weighted by atomic mass is 9.96. The Balaban J connectivity index is 3.15. The van der Waals surface area contributed by atoms with Gasteiger partial charge >= 0.3 is 0 Å². The van der Waals surface area contributed by atoms with E-state index in [-0.39, 0.29) is 11.2 Å². The molecule has 14 heavy (non-hydrogen) atoms. The van der Waals surface area contributed by atoms with Crippen LogP contribution in [0.4, 0.5) is 0 Å². The van der Waals surface area contributed by atoms with Gasteiger partial charge in [-0.15, -0.1) is 0 Å². The highest BCUT2D eigenvalue weighted by Gasteiger charge is 2.25. The first kappa shape index (κ1) is 11.0.